The molecule has 1 heterocycles. The highest BCUT2D eigenvalue weighted by Crippen LogP contribution is 2.38. The van der Waals surface area contributed by atoms with Gasteiger partial charge in [-0.2, -0.15) is 0 Å². The Morgan fingerprint density at radius 1 is 1.05 bits per heavy atom. The zero-order valence-electron chi connectivity index (χ0n) is 14.8. The van der Waals surface area contributed by atoms with Crippen LogP contribution in [0.15, 0.2) is 24.3 Å². The van der Waals surface area contributed by atoms with E-state index in [4.69, 9.17) is 0 Å². The van der Waals surface area contributed by atoms with Gasteiger partial charge in [-0.3, -0.25) is 4.90 Å². The Kier molecular flexibility index (Phi) is 5.31. The average Bonchev–Trinajstić information content (AvgIpc) is 2.48. The van der Waals surface area contributed by atoms with Gasteiger partial charge in [0.25, 0.3) is 0 Å². The monoisotopic (exact) mass is 304 g/mol. The summed E-state index contributed by atoms with van der Waals surface area (Å²) in [5.74, 6) is 0. The van der Waals surface area contributed by atoms with E-state index in [9.17, 15) is 5.11 Å². The number of nitrogens with zero attached hydrogens (tertiary/aromatic N) is 1. The number of piperazine rings is 1. The van der Waals surface area contributed by atoms with Crippen molar-refractivity contribution in [1.29, 1.82) is 0 Å². The van der Waals surface area contributed by atoms with Crippen LogP contribution >= 0.6 is 0 Å². The Bertz CT molecular complexity index is 467. The Hall–Kier alpha value is -0.900. The number of nitrogens with one attached hydrogen (secondary N) is 1. The minimum atomic E-state index is -0.152. The maximum atomic E-state index is 9.90. The van der Waals surface area contributed by atoms with Crippen molar-refractivity contribution in [2.24, 2.45) is 5.41 Å². The smallest absolute Gasteiger partial charge is 0.0500 e. The summed E-state index contributed by atoms with van der Waals surface area (Å²) in [6, 6.07) is 9.26. The van der Waals surface area contributed by atoms with Crippen molar-refractivity contribution in [1.82, 2.24) is 10.2 Å². The minimum absolute atomic E-state index is 0.152. The lowest BCUT2D eigenvalue weighted by atomic mass is 9.78. The summed E-state index contributed by atoms with van der Waals surface area (Å²) >= 11 is 0. The molecule has 1 aromatic rings. The van der Waals surface area contributed by atoms with Gasteiger partial charge in [-0.25, -0.2) is 0 Å². The van der Waals surface area contributed by atoms with Gasteiger partial charge in [-0.1, -0.05) is 58.9 Å². The summed E-state index contributed by atoms with van der Waals surface area (Å²) in [5.41, 5.74) is 2.70. The van der Waals surface area contributed by atoms with Gasteiger partial charge < -0.3 is 10.4 Å². The first-order chi connectivity index (χ1) is 10.3. The van der Waals surface area contributed by atoms with Gasteiger partial charge in [0.1, 0.15) is 0 Å². The zero-order valence-corrected chi connectivity index (χ0v) is 14.8. The van der Waals surface area contributed by atoms with Crippen molar-refractivity contribution in [2.75, 3.05) is 32.8 Å². The average molecular weight is 304 g/mol. The number of aliphatic hydroxyl groups is 1. The molecule has 124 valence electrons. The molecule has 3 nitrogen and oxygen atoms in total. The molecule has 0 unspecified atom stereocenters. The molecule has 2 rings (SSSR count). The van der Waals surface area contributed by atoms with Crippen LogP contribution in [0, 0.1) is 5.41 Å². The van der Waals surface area contributed by atoms with Crippen LogP contribution < -0.4 is 5.32 Å². The van der Waals surface area contributed by atoms with E-state index in [1.165, 1.54) is 11.1 Å². The second-order valence-corrected chi connectivity index (χ2v) is 8.21. The molecule has 1 saturated heterocycles. The molecule has 0 aromatic heterocycles. The van der Waals surface area contributed by atoms with Crippen LogP contribution in [0.1, 0.15) is 51.8 Å². The normalized spacial score (nSPS) is 19.2. The first-order valence-corrected chi connectivity index (χ1v) is 8.42. The summed E-state index contributed by atoms with van der Waals surface area (Å²) in [7, 11) is 0. The Morgan fingerprint density at radius 2 is 1.59 bits per heavy atom. The summed E-state index contributed by atoms with van der Waals surface area (Å²) in [6.07, 6.45) is 0. The highest BCUT2D eigenvalue weighted by atomic mass is 16.3. The molecule has 0 saturated carbocycles. The largest absolute Gasteiger partial charge is 0.396 e. The molecule has 0 spiro atoms. The van der Waals surface area contributed by atoms with Crippen molar-refractivity contribution in [3.8, 4) is 0 Å². The van der Waals surface area contributed by atoms with Crippen LogP contribution in [-0.2, 0) is 5.41 Å². The highest BCUT2D eigenvalue weighted by Gasteiger charge is 2.35. The second-order valence-electron chi connectivity index (χ2n) is 8.21. The molecule has 1 aliphatic heterocycles. The zero-order chi connectivity index (χ0) is 16.4. The number of aliphatic hydroxyl groups excluding tert-OH is 1. The lowest BCUT2D eigenvalue weighted by Crippen LogP contribution is -2.49. The SMILES string of the molecule is CC(C)(C)c1ccc([C@@H](N2CCNCC2)C(C)(C)CO)cc1. The molecule has 0 bridgehead atoms. The van der Waals surface area contributed by atoms with Gasteiger partial charge in [0, 0.05) is 44.2 Å². The van der Waals surface area contributed by atoms with Crippen molar-refractivity contribution in [2.45, 2.75) is 46.1 Å². The van der Waals surface area contributed by atoms with Crippen LogP contribution in [0.4, 0.5) is 0 Å². The molecule has 1 aliphatic rings. The third-order valence-corrected chi connectivity index (χ3v) is 4.76. The highest BCUT2D eigenvalue weighted by molar-refractivity contribution is 5.30. The summed E-state index contributed by atoms with van der Waals surface area (Å²) in [4.78, 5) is 2.51. The lowest BCUT2D eigenvalue weighted by Gasteiger charge is -2.43. The molecule has 0 amide bonds. The molecular formula is C19H32N2O. The Balaban J connectivity index is 2.32. The van der Waals surface area contributed by atoms with Crippen molar-refractivity contribution in [3.63, 3.8) is 0 Å². The third kappa shape index (κ3) is 3.89. The second kappa shape index (κ2) is 6.69. The van der Waals surface area contributed by atoms with Crippen molar-refractivity contribution in [3.05, 3.63) is 35.4 Å². The molecule has 2 N–H and O–H groups in total. The minimum Gasteiger partial charge on any atom is -0.396 e. The van der Waals surface area contributed by atoms with Crippen LogP contribution in [-0.4, -0.2) is 42.8 Å². The molecular weight excluding hydrogens is 272 g/mol. The molecule has 0 aliphatic carbocycles. The molecule has 22 heavy (non-hydrogen) atoms. The predicted molar refractivity (Wildman–Crippen MR) is 93.2 cm³/mol. The predicted octanol–water partition coefficient (Wildman–Crippen LogP) is 2.95. The van der Waals surface area contributed by atoms with E-state index in [1.54, 1.807) is 0 Å². The van der Waals surface area contributed by atoms with E-state index in [0.717, 1.165) is 26.2 Å². The van der Waals surface area contributed by atoms with E-state index in [2.05, 4.69) is 69.1 Å². The number of rotatable bonds is 4. The maximum absolute atomic E-state index is 9.90. The maximum Gasteiger partial charge on any atom is 0.0500 e. The quantitative estimate of drug-likeness (QED) is 0.898. The molecule has 3 heteroatoms. The van der Waals surface area contributed by atoms with Gasteiger partial charge in [0.05, 0.1) is 0 Å². The number of hydrogen-bond donors (Lipinski definition) is 2. The van der Waals surface area contributed by atoms with Gasteiger partial charge in [0.2, 0.25) is 0 Å². The van der Waals surface area contributed by atoms with Gasteiger partial charge >= 0.3 is 0 Å². The fourth-order valence-electron chi connectivity index (χ4n) is 3.35. The van der Waals surface area contributed by atoms with E-state index in [1.807, 2.05) is 0 Å². The van der Waals surface area contributed by atoms with Crippen LogP contribution in [0.25, 0.3) is 0 Å². The first kappa shape index (κ1) is 17.5. The molecule has 1 aromatic carbocycles. The summed E-state index contributed by atoms with van der Waals surface area (Å²) < 4.78 is 0. The van der Waals surface area contributed by atoms with E-state index in [0.29, 0.717) is 0 Å². The Labute approximate surface area is 135 Å². The molecule has 1 atom stereocenters. The summed E-state index contributed by atoms with van der Waals surface area (Å²) in [6.45, 7) is 15.4. The van der Waals surface area contributed by atoms with Crippen molar-refractivity contribution >= 4 is 0 Å². The van der Waals surface area contributed by atoms with E-state index >= 15 is 0 Å². The third-order valence-electron chi connectivity index (χ3n) is 4.76. The van der Waals surface area contributed by atoms with Gasteiger partial charge in [-0.05, 0) is 16.5 Å². The fraction of sp³-hybridized carbons (Fsp3) is 0.684. The number of benzene rings is 1. The molecule has 1 fully saturated rings. The number of hydrogen-bond acceptors (Lipinski definition) is 3. The van der Waals surface area contributed by atoms with E-state index < -0.39 is 0 Å². The summed E-state index contributed by atoms with van der Waals surface area (Å²) in [5, 5.41) is 13.3. The Morgan fingerprint density at radius 3 is 2.05 bits per heavy atom. The lowest BCUT2D eigenvalue weighted by molar-refractivity contribution is 0.0305. The van der Waals surface area contributed by atoms with E-state index in [-0.39, 0.29) is 23.5 Å². The van der Waals surface area contributed by atoms with Crippen LogP contribution in [0.2, 0.25) is 0 Å². The van der Waals surface area contributed by atoms with Crippen LogP contribution in [0.3, 0.4) is 0 Å². The first-order valence-electron chi connectivity index (χ1n) is 8.42. The fourth-order valence-corrected chi connectivity index (χ4v) is 3.35. The molecule has 0 radical (unpaired) electrons. The van der Waals surface area contributed by atoms with Crippen LogP contribution in [0.5, 0.6) is 0 Å². The van der Waals surface area contributed by atoms with Crippen molar-refractivity contribution < 1.29 is 5.11 Å². The topological polar surface area (TPSA) is 35.5 Å². The standard InChI is InChI=1S/C19H32N2O/c1-18(2,3)16-8-6-15(7-9-16)17(19(4,5)14-22)21-12-10-20-11-13-21/h6-9,17,20,22H,10-14H2,1-5H3/t17-/m1/s1. The van der Waals surface area contributed by atoms with Gasteiger partial charge in [-0.15, -0.1) is 0 Å². The van der Waals surface area contributed by atoms with Gasteiger partial charge in [0.15, 0.2) is 0 Å².